The maximum Gasteiger partial charge on any atom is 0.253 e. The van der Waals surface area contributed by atoms with Crippen LogP contribution in [0.3, 0.4) is 0 Å². The van der Waals surface area contributed by atoms with Gasteiger partial charge >= 0.3 is 0 Å². The van der Waals surface area contributed by atoms with Gasteiger partial charge in [-0.2, -0.15) is 4.98 Å². The first-order valence-electron chi connectivity index (χ1n) is 6.35. The number of carbonyl (C=O) groups excluding carboxylic acids is 1. The first-order chi connectivity index (χ1) is 9.65. The van der Waals surface area contributed by atoms with Crippen LogP contribution < -0.4 is 16.8 Å². The van der Waals surface area contributed by atoms with E-state index in [1.54, 1.807) is 18.2 Å². The fourth-order valence-corrected chi connectivity index (χ4v) is 2.29. The van der Waals surface area contributed by atoms with Gasteiger partial charge in [-0.15, -0.1) is 0 Å². The van der Waals surface area contributed by atoms with Crippen molar-refractivity contribution in [2.75, 3.05) is 24.7 Å². The third-order valence-corrected chi connectivity index (χ3v) is 3.28. The monoisotopic (exact) mass is 273 g/mol. The first kappa shape index (κ1) is 12.6. The highest BCUT2D eigenvalue weighted by Gasteiger charge is 2.20. The number of anilines is 2. The van der Waals surface area contributed by atoms with E-state index in [0.29, 0.717) is 29.7 Å². The molecule has 1 unspecified atom stereocenters. The van der Waals surface area contributed by atoms with Crippen LogP contribution in [-0.2, 0) is 4.74 Å². The van der Waals surface area contributed by atoms with E-state index in [4.69, 9.17) is 16.2 Å². The number of carbonyl (C=O) groups is 1. The standard InChI is InChI=1S/C13H15N5O2/c14-11-8-2-1-3-9(10(8)17-13(15)18-11)12(19)16-7-4-5-20-6-7/h1-3,7H,4-6H2,(H,16,19)(H4,14,15,17,18). The molecule has 0 bridgehead atoms. The Bertz CT molecular complexity index is 667. The first-order valence-corrected chi connectivity index (χ1v) is 6.35. The molecule has 0 saturated carbocycles. The second-order valence-corrected chi connectivity index (χ2v) is 4.70. The van der Waals surface area contributed by atoms with E-state index in [9.17, 15) is 4.79 Å². The molecule has 1 aromatic heterocycles. The summed E-state index contributed by atoms with van der Waals surface area (Å²) in [5, 5.41) is 3.54. The van der Waals surface area contributed by atoms with E-state index in [2.05, 4.69) is 15.3 Å². The molecule has 0 spiro atoms. The van der Waals surface area contributed by atoms with Crippen LogP contribution in [0, 0.1) is 0 Å². The summed E-state index contributed by atoms with van der Waals surface area (Å²) < 4.78 is 5.24. The zero-order chi connectivity index (χ0) is 14.1. The molecule has 1 saturated heterocycles. The van der Waals surface area contributed by atoms with Gasteiger partial charge in [0.1, 0.15) is 5.82 Å². The summed E-state index contributed by atoms with van der Waals surface area (Å²) in [6, 6.07) is 5.24. The number of hydrogen-bond acceptors (Lipinski definition) is 6. The molecular weight excluding hydrogens is 258 g/mol. The summed E-state index contributed by atoms with van der Waals surface area (Å²) in [4.78, 5) is 20.4. The van der Waals surface area contributed by atoms with Crippen molar-refractivity contribution in [2.45, 2.75) is 12.5 Å². The van der Waals surface area contributed by atoms with Crippen molar-refractivity contribution in [3.8, 4) is 0 Å². The number of para-hydroxylation sites is 1. The third kappa shape index (κ3) is 2.23. The highest BCUT2D eigenvalue weighted by Crippen LogP contribution is 2.22. The van der Waals surface area contributed by atoms with E-state index >= 15 is 0 Å². The summed E-state index contributed by atoms with van der Waals surface area (Å²) >= 11 is 0. The summed E-state index contributed by atoms with van der Waals surface area (Å²) in [6.07, 6.45) is 0.815. The van der Waals surface area contributed by atoms with E-state index in [0.717, 1.165) is 6.42 Å². The Hall–Kier alpha value is -2.41. The summed E-state index contributed by atoms with van der Waals surface area (Å²) in [5.41, 5.74) is 12.3. The highest BCUT2D eigenvalue weighted by molar-refractivity contribution is 6.07. The molecule has 2 aromatic rings. The van der Waals surface area contributed by atoms with Gasteiger partial charge in [-0.05, 0) is 18.6 Å². The van der Waals surface area contributed by atoms with Crippen LogP contribution in [0.25, 0.3) is 10.9 Å². The van der Waals surface area contributed by atoms with Gasteiger partial charge in [0.2, 0.25) is 5.95 Å². The van der Waals surface area contributed by atoms with Crippen LogP contribution in [0.4, 0.5) is 11.8 Å². The molecule has 5 N–H and O–H groups in total. The number of nitrogens with zero attached hydrogens (tertiary/aromatic N) is 2. The van der Waals surface area contributed by atoms with E-state index in [1.165, 1.54) is 0 Å². The molecule has 0 radical (unpaired) electrons. The van der Waals surface area contributed by atoms with Gasteiger partial charge in [0.15, 0.2) is 0 Å². The Morgan fingerprint density at radius 2 is 2.20 bits per heavy atom. The molecule has 0 aliphatic carbocycles. The summed E-state index contributed by atoms with van der Waals surface area (Å²) in [5.74, 6) is 0.120. The minimum Gasteiger partial charge on any atom is -0.383 e. The van der Waals surface area contributed by atoms with E-state index < -0.39 is 0 Å². The Morgan fingerprint density at radius 3 is 2.95 bits per heavy atom. The van der Waals surface area contributed by atoms with Crippen LogP contribution in [-0.4, -0.2) is 35.1 Å². The largest absolute Gasteiger partial charge is 0.383 e. The molecule has 3 rings (SSSR count). The molecule has 104 valence electrons. The maximum absolute atomic E-state index is 12.3. The lowest BCUT2D eigenvalue weighted by molar-refractivity contribution is 0.0931. The minimum absolute atomic E-state index is 0.0364. The van der Waals surface area contributed by atoms with Crippen LogP contribution in [0.5, 0.6) is 0 Å². The number of fused-ring (bicyclic) bond motifs is 1. The molecule has 1 aliphatic rings. The third-order valence-electron chi connectivity index (χ3n) is 3.28. The molecular formula is C13H15N5O2. The lowest BCUT2D eigenvalue weighted by Gasteiger charge is -2.12. The topological polar surface area (TPSA) is 116 Å². The number of nitrogen functional groups attached to an aromatic ring is 2. The molecule has 1 aliphatic heterocycles. The average Bonchev–Trinajstić information content (AvgIpc) is 2.90. The second kappa shape index (κ2) is 4.93. The van der Waals surface area contributed by atoms with Crippen LogP contribution in [0.15, 0.2) is 18.2 Å². The zero-order valence-electron chi connectivity index (χ0n) is 10.8. The van der Waals surface area contributed by atoms with Gasteiger partial charge in [-0.25, -0.2) is 4.98 Å². The molecule has 20 heavy (non-hydrogen) atoms. The number of nitrogens with two attached hydrogens (primary N) is 2. The molecule has 1 fully saturated rings. The average molecular weight is 273 g/mol. The quantitative estimate of drug-likeness (QED) is 0.725. The molecule has 1 aromatic carbocycles. The lowest BCUT2D eigenvalue weighted by atomic mass is 10.1. The van der Waals surface area contributed by atoms with Gasteiger partial charge in [-0.1, -0.05) is 6.07 Å². The second-order valence-electron chi connectivity index (χ2n) is 4.70. The molecule has 7 heteroatoms. The Morgan fingerprint density at radius 1 is 1.35 bits per heavy atom. The fourth-order valence-electron chi connectivity index (χ4n) is 2.29. The lowest BCUT2D eigenvalue weighted by Crippen LogP contribution is -2.35. The summed E-state index contributed by atoms with van der Waals surface area (Å²) in [6.45, 7) is 1.21. The van der Waals surface area contributed by atoms with Crippen molar-refractivity contribution in [2.24, 2.45) is 0 Å². The van der Waals surface area contributed by atoms with Gasteiger partial charge in [0.05, 0.1) is 23.7 Å². The fraction of sp³-hybridized carbons (Fsp3) is 0.308. The smallest absolute Gasteiger partial charge is 0.253 e. The van der Waals surface area contributed by atoms with Crippen LogP contribution >= 0.6 is 0 Å². The minimum atomic E-state index is -0.205. The number of nitrogens with one attached hydrogen (secondary N) is 1. The van der Waals surface area contributed by atoms with Crippen LogP contribution in [0.1, 0.15) is 16.8 Å². The Balaban J connectivity index is 2.00. The van der Waals surface area contributed by atoms with Crippen molar-refractivity contribution < 1.29 is 9.53 Å². The molecule has 7 nitrogen and oxygen atoms in total. The highest BCUT2D eigenvalue weighted by atomic mass is 16.5. The van der Waals surface area contributed by atoms with Gasteiger partial charge in [0.25, 0.3) is 5.91 Å². The van der Waals surface area contributed by atoms with E-state index in [1.807, 2.05) is 0 Å². The normalized spacial score (nSPS) is 18.3. The SMILES string of the molecule is Nc1nc(N)c2cccc(C(=O)NC3CCOC3)c2n1. The Kier molecular flexibility index (Phi) is 3.11. The predicted molar refractivity (Wildman–Crippen MR) is 75.1 cm³/mol. The number of rotatable bonds is 2. The number of amides is 1. The zero-order valence-corrected chi connectivity index (χ0v) is 10.8. The number of ether oxygens (including phenoxy) is 1. The maximum atomic E-state index is 12.3. The van der Waals surface area contributed by atoms with Crippen molar-refractivity contribution in [1.82, 2.24) is 15.3 Å². The van der Waals surface area contributed by atoms with Crippen LogP contribution in [0.2, 0.25) is 0 Å². The van der Waals surface area contributed by atoms with Crippen molar-refractivity contribution in [1.29, 1.82) is 0 Å². The number of benzene rings is 1. The van der Waals surface area contributed by atoms with Gasteiger partial charge < -0.3 is 21.5 Å². The van der Waals surface area contributed by atoms with E-state index in [-0.39, 0.29) is 23.7 Å². The van der Waals surface area contributed by atoms with Crippen molar-refractivity contribution >= 4 is 28.6 Å². The molecule has 2 heterocycles. The summed E-state index contributed by atoms with van der Waals surface area (Å²) in [7, 11) is 0. The number of aromatic nitrogens is 2. The van der Waals surface area contributed by atoms with Gasteiger partial charge in [0, 0.05) is 12.0 Å². The predicted octanol–water partition coefficient (Wildman–Crippen LogP) is 0.313. The van der Waals surface area contributed by atoms with Crippen molar-refractivity contribution in [3.05, 3.63) is 23.8 Å². The Labute approximate surface area is 115 Å². The number of hydrogen-bond donors (Lipinski definition) is 3. The van der Waals surface area contributed by atoms with Crippen molar-refractivity contribution in [3.63, 3.8) is 0 Å². The molecule has 1 amide bonds. The molecule has 1 atom stereocenters. The van der Waals surface area contributed by atoms with Gasteiger partial charge in [-0.3, -0.25) is 4.79 Å².